The molecule has 0 amide bonds. The predicted octanol–water partition coefficient (Wildman–Crippen LogP) is 4.53. The van der Waals surface area contributed by atoms with Gasteiger partial charge in [0.25, 0.3) is 0 Å². The summed E-state index contributed by atoms with van der Waals surface area (Å²) in [5.74, 6) is 1.85. The van der Waals surface area contributed by atoms with Crippen LogP contribution in [0, 0.1) is 6.92 Å². The Kier molecular flexibility index (Phi) is 5.23. The van der Waals surface area contributed by atoms with Gasteiger partial charge in [-0.1, -0.05) is 29.8 Å². The topological polar surface area (TPSA) is 24.8 Å². The third kappa shape index (κ3) is 3.88. The second kappa shape index (κ2) is 7.55. The van der Waals surface area contributed by atoms with E-state index in [0.29, 0.717) is 0 Å². The van der Waals surface area contributed by atoms with Gasteiger partial charge >= 0.3 is 0 Å². The number of rotatable bonds is 5. The molecule has 0 unspecified atom stereocenters. The van der Waals surface area contributed by atoms with Gasteiger partial charge in [0.05, 0.1) is 19.1 Å². The minimum atomic E-state index is 0.896. The SMILES string of the molecule is COc1ccc(C)cc1CSc1ccccc1N1C=NCCC1. The summed E-state index contributed by atoms with van der Waals surface area (Å²) in [6.07, 6.45) is 3.08. The van der Waals surface area contributed by atoms with E-state index < -0.39 is 0 Å². The highest BCUT2D eigenvalue weighted by atomic mass is 32.2. The number of hydrogen-bond acceptors (Lipinski definition) is 4. The summed E-state index contributed by atoms with van der Waals surface area (Å²) in [6, 6.07) is 14.9. The Morgan fingerprint density at radius 3 is 2.87 bits per heavy atom. The molecule has 1 aliphatic heterocycles. The van der Waals surface area contributed by atoms with Gasteiger partial charge < -0.3 is 9.64 Å². The Morgan fingerprint density at radius 1 is 1.22 bits per heavy atom. The molecule has 0 saturated heterocycles. The van der Waals surface area contributed by atoms with Gasteiger partial charge in [-0.2, -0.15) is 0 Å². The highest BCUT2D eigenvalue weighted by molar-refractivity contribution is 7.98. The summed E-state index contributed by atoms with van der Waals surface area (Å²) in [5, 5.41) is 0. The fourth-order valence-corrected chi connectivity index (χ4v) is 3.77. The van der Waals surface area contributed by atoms with Crippen molar-refractivity contribution >= 4 is 23.8 Å². The quantitative estimate of drug-likeness (QED) is 0.754. The molecule has 0 spiro atoms. The van der Waals surface area contributed by atoms with Crippen LogP contribution in [-0.4, -0.2) is 26.5 Å². The highest BCUT2D eigenvalue weighted by Crippen LogP contribution is 2.34. The van der Waals surface area contributed by atoms with Gasteiger partial charge in [-0.3, -0.25) is 4.99 Å². The van der Waals surface area contributed by atoms with Gasteiger partial charge in [0.15, 0.2) is 0 Å². The maximum Gasteiger partial charge on any atom is 0.122 e. The maximum absolute atomic E-state index is 5.49. The van der Waals surface area contributed by atoms with Crippen molar-refractivity contribution < 1.29 is 4.74 Å². The van der Waals surface area contributed by atoms with Gasteiger partial charge in [0.2, 0.25) is 0 Å². The van der Waals surface area contributed by atoms with Crippen LogP contribution in [0.2, 0.25) is 0 Å². The first kappa shape index (κ1) is 15.9. The van der Waals surface area contributed by atoms with Crippen molar-refractivity contribution in [1.82, 2.24) is 0 Å². The first-order valence-electron chi connectivity index (χ1n) is 7.90. The molecule has 0 atom stereocenters. The maximum atomic E-state index is 5.49. The molecule has 120 valence electrons. The van der Waals surface area contributed by atoms with Crippen LogP contribution in [0.25, 0.3) is 0 Å². The standard InChI is InChI=1S/C19H22N2OS/c1-15-8-9-18(22-2)16(12-15)13-23-19-7-4-3-6-17(19)21-11-5-10-20-14-21/h3-4,6-9,12,14H,5,10-11,13H2,1-2H3. The predicted molar refractivity (Wildman–Crippen MR) is 99.1 cm³/mol. The third-order valence-corrected chi connectivity index (χ3v) is 5.01. The van der Waals surface area contributed by atoms with Crippen LogP contribution >= 0.6 is 11.8 Å². The molecule has 4 heteroatoms. The Bertz CT molecular complexity index is 700. The largest absolute Gasteiger partial charge is 0.496 e. The summed E-state index contributed by atoms with van der Waals surface area (Å²) in [6.45, 7) is 4.09. The summed E-state index contributed by atoms with van der Waals surface area (Å²) in [4.78, 5) is 7.94. The number of aryl methyl sites for hydroxylation is 1. The molecule has 1 aliphatic rings. The van der Waals surface area contributed by atoms with Crippen LogP contribution in [0.5, 0.6) is 5.75 Å². The number of aliphatic imine (C=N–C) groups is 1. The minimum absolute atomic E-state index is 0.896. The van der Waals surface area contributed by atoms with E-state index in [1.165, 1.54) is 21.7 Å². The van der Waals surface area contributed by atoms with Crippen molar-refractivity contribution in [2.45, 2.75) is 24.0 Å². The normalized spacial score (nSPS) is 14.1. The molecule has 0 fully saturated rings. The van der Waals surface area contributed by atoms with Crippen LogP contribution in [-0.2, 0) is 5.75 Å². The van der Waals surface area contributed by atoms with Crippen LogP contribution < -0.4 is 9.64 Å². The van der Waals surface area contributed by atoms with E-state index in [2.05, 4.69) is 59.3 Å². The van der Waals surface area contributed by atoms with Gasteiger partial charge in [0.1, 0.15) is 5.75 Å². The molecule has 0 saturated carbocycles. The zero-order valence-electron chi connectivity index (χ0n) is 13.7. The summed E-state index contributed by atoms with van der Waals surface area (Å²) >= 11 is 1.85. The smallest absolute Gasteiger partial charge is 0.122 e. The fraction of sp³-hybridized carbons (Fsp3) is 0.316. The Hall–Kier alpha value is -1.94. The molecule has 3 rings (SSSR count). The number of hydrogen-bond donors (Lipinski definition) is 0. The van der Waals surface area contributed by atoms with E-state index in [4.69, 9.17) is 4.74 Å². The average Bonchev–Trinajstić information content (AvgIpc) is 2.61. The number of methoxy groups -OCH3 is 1. The molecule has 3 nitrogen and oxygen atoms in total. The van der Waals surface area contributed by atoms with E-state index in [1.54, 1.807) is 7.11 Å². The molecule has 0 radical (unpaired) electrons. The van der Waals surface area contributed by atoms with Crippen molar-refractivity contribution in [3.05, 3.63) is 53.6 Å². The molecule has 2 aromatic rings. The average molecular weight is 326 g/mol. The lowest BCUT2D eigenvalue weighted by Gasteiger charge is -2.24. The number of nitrogens with zero attached hydrogens (tertiary/aromatic N) is 2. The van der Waals surface area contributed by atoms with Crippen LogP contribution in [0.3, 0.4) is 0 Å². The molecular weight excluding hydrogens is 304 g/mol. The van der Waals surface area contributed by atoms with Crippen molar-refractivity contribution in [3.63, 3.8) is 0 Å². The molecule has 2 aromatic carbocycles. The van der Waals surface area contributed by atoms with Crippen LogP contribution in [0.4, 0.5) is 5.69 Å². The lowest BCUT2D eigenvalue weighted by molar-refractivity contribution is 0.411. The Balaban J connectivity index is 1.80. The van der Waals surface area contributed by atoms with Crippen LogP contribution in [0.1, 0.15) is 17.5 Å². The van der Waals surface area contributed by atoms with E-state index in [0.717, 1.165) is 31.0 Å². The number of anilines is 1. The third-order valence-electron chi connectivity index (χ3n) is 3.90. The van der Waals surface area contributed by atoms with E-state index >= 15 is 0 Å². The number of thioether (sulfide) groups is 1. The van der Waals surface area contributed by atoms with Crippen molar-refractivity contribution in [1.29, 1.82) is 0 Å². The first-order chi connectivity index (χ1) is 11.3. The zero-order chi connectivity index (χ0) is 16.1. The van der Waals surface area contributed by atoms with Crippen molar-refractivity contribution in [2.75, 3.05) is 25.1 Å². The Morgan fingerprint density at radius 2 is 2.09 bits per heavy atom. The highest BCUT2D eigenvalue weighted by Gasteiger charge is 2.12. The number of benzene rings is 2. The zero-order valence-corrected chi connectivity index (χ0v) is 14.5. The summed E-state index contributed by atoms with van der Waals surface area (Å²) < 4.78 is 5.49. The number of ether oxygens (including phenoxy) is 1. The summed E-state index contributed by atoms with van der Waals surface area (Å²) in [7, 11) is 1.73. The second-order valence-corrected chi connectivity index (χ2v) is 6.66. The van der Waals surface area contributed by atoms with Gasteiger partial charge in [-0.25, -0.2) is 0 Å². The Labute approximate surface area is 142 Å². The molecule has 0 bridgehead atoms. The fourth-order valence-electron chi connectivity index (χ4n) is 2.72. The lowest BCUT2D eigenvalue weighted by atomic mass is 10.1. The molecule has 0 N–H and O–H groups in total. The molecule has 0 aromatic heterocycles. The molecular formula is C19H22N2OS. The lowest BCUT2D eigenvalue weighted by Crippen LogP contribution is -2.27. The van der Waals surface area contributed by atoms with Gasteiger partial charge in [-0.05, 0) is 31.5 Å². The molecule has 1 heterocycles. The molecule has 23 heavy (non-hydrogen) atoms. The van der Waals surface area contributed by atoms with Gasteiger partial charge in [-0.15, -0.1) is 11.8 Å². The molecule has 0 aliphatic carbocycles. The van der Waals surface area contributed by atoms with Crippen molar-refractivity contribution in [2.24, 2.45) is 4.99 Å². The van der Waals surface area contributed by atoms with Crippen molar-refractivity contribution in [3.8, 4) is 5.75 Å². The van der Waals surface area contributed by atoms with E-state index in [9.17, 15) is 0 Å². The van der Waals surface area contributed by atoms with Crippen LogP contribution in [0.15, 0.2) is 52.4 Å². The van der Waals surface area contributed by atoms with Gasteiger partial charge in [0, 0.05) is 29.3 Å². The minimum Gasteiger partial charge on any atom is -0.496 e. The number of para-hydroxylation sites is 1. The monoisotopic (exact) mass is 326 g/mol. The summed E-state index contributed by atoms with van der Waals surface area (Å²) in [5.41, 5.74) is 3.74. The van der Waals surface area contributed by atoms with E-state index in [-0.39, 0.29) is 0 Å². The second-order valence-electron chi connectivity index (χ2n) is 5.64. The first-order valence-corrected chi connectivity index (χ1v) is 8.88. The van der Waals surface area contributed by atoms with E-state index in [1.807, 2.05) is 18.1 Å².